The van der Waals surface area contributed by atoms with E-state index in [4.69, 9.17) is 24.7 Å². The number of nitrogens with zero attached hydrogens (tertiary/aromatic N) is 3. The van der Waals surface area contributed by atoms with Crippen molar-refractivity contribution in [2.75, 3.05) is 0 Å². The molecule has 0 atom stereocenters. The lowest BCUT2D eigenvalue weighted by atomic mass is 10.0. The molecule has 0 spiro atoms. The molecule has 0 aliphatic carbocycles. The Kier molecular flexibility index (Phi) is 7.98. The molecule has 0 aliphatic heterocycles. The Hall–Kier alpha value is -5.63. The number of rotatable bonds is 8. The molecule has 5 aromatic rings. The monoisotopic (exact) mass is 527 g/mol. The van der Waals surface area contributed by atoms with Gasteiger partial charge in [-0.2, -0.15) is 5.10 Å². The summed E-state index contributed by atoms with van der Waals surface area (Å²) < 4.78 is 17.7. The van der Waals surface area contributed by atoms with Crippen molar-refractivity contribution in [3.63, 3.8) is 0 Å². The number of nitrogens with one attached hydrogen (secondary N) is 2. The highest BCUT2D eigenvalue weighted by molar-refractivity contribution is 6.06. The van der Waals surface area contributed by atoms with Gasteiger partial charge < -0.3 is 13.9 Å². The van der Waals surface area contributed by atoms with E-state index in [0.29, 0.717) is 33.9 Å². The van der Waals surface area contributed by atoms with E-state index in [1.807, 2.05) is 66.7 Å². The number of hydrogen-bond donors (Lipinski definition) is 2. The molecule has 1 aromatic heterocycles. The fraction of sp³-hybridized carbons (Fsp3) is 0.0312. The number of hydrogen-bond acceptors (Lipinski definition) is 8. The van der Waals surface area contributed by atoms with Crippen molar-refractivity contribution >= 4 is 24.4 Å². The van der Waals surface area contributed by atoms with E-state index in [2.05, 4.69) is 21.9 Å². The van der Waals surface area contributed by atoms with E-state index in [1.165, 1.54) is 0 Å². The van der Waals surface area contributed by atoms with Gasteiger partial charge in [-0.1, -0.05) is 78.9 Å². The second-order valence-electron chi connectivity index (χ2n) is 8.64. The zero-order valence-electron chi connectivity index (χ0n) is 21.5. The van der Waals surface area contributed by atoms with Gasteiger partial charge >= 0.3 is 0 Å². The SMILES string of the molecule is C=N/N=C(\OCc1ccccc1)c1cc(C(=N)OC(=N)c2ccccc2)cc(-c2ncc(-c3ccccc3)o2)c1. The molecule has 0 aliphatic rings. The summed E-state index contributed by atoms with van der Waals surface area (Å²) in [6.07, 6.45) is 1.65. The van der Waals surface area contributed by atoms with E-state index in [1.54, 1.807) is 48.7 Å². The topological polar surface area (TPSA) is 117 Å². The Bertz CT molecular complexity index is 1660. The van der Waals surface area contributed by atoms with E-state index in [0.717, 1.165) is 11.1 Å². The number of ether oxygens (including phenoxy) is 2. The van der Waals surface area contributed by atoms with Gasteiger partial charge in [-0.25, -0.2) is 4.98 Å². The first-order valence-corrected chi connectivity index (χ1v) is 12.4. The van der Waals surface area contributed by atoms with Crippen LogP contribution in [0.1, 0.15) is 22.3 Å². The molecular formula is C32H25N5O3. The summed E-state index contributed by atoms with van der Waals surface area (Å²) in [4.78, 5) is 4.48. The van der Waals surface area contributed by atoms with Crippen molar-refractivity contribution in [2.45, 2.75) is 6.61 Å². The molecule has 0 radical (unpaired) electrons. The van der Waals surface area contributed by atoms with Crippen LogP contribution in [-0.2, 0) is 16.1 Å². The minimum Gasteiger partial charge on any atom is -0.471 e. The highest BCUT2D eigenvalue weighted by atomic mass is 16.5. The first-order chi connectivity index (χ1) is 19.6. The van der Waals surface area contributed by atoms with Gasteiger partial charge in [0.1, 0.15) is 6.61 Å². The molecule has 0 fully saturated rings. The molecule has 5 rings (SSSR count). The van der Waals surface area contributed by atoms with Gasteiger partial charge in [0.05, 0.1) is 6.20 Å². The van der Waals surface area contributed by atoms with Crippen LogP contribution in [0.4, 0.5) is 0 Å². The van der Waals surface area contributed by atoms with Crippen LogP contribution in [0, 0.1) is 10.8 Å². The Balaban J connectivity index is 1.51. The lowest BCUT2D eigenvalue weighted by molar-refractivity contribution is 0.292. The Labute approximate surface area is 231 Å². The van der Waals surface area contributed by atoms with Gasteiger partial charge in [0, 0.05) is 34.5 Å². The first-order valence-electron chi connectivity index (χ1n) is 12.4. The van der Waals surface area contributed by atoms with E-state index >= 15 is 0 Å². The maximum atomic E-state index is 8.65. The molecule has 4 aromatic carbocycles. The van der Waals surface area contributed by atoms with Gasteiger partial charge in [-0.05, 0) is 35.9 Å². The van der Waals surface area contributed by atoms with E-state index in [9.17, 15) is 0 Å². The van der Waals surface area contributed by atoms with Gasteiger partial charge in [0.2, 0.25) is 23.6 Å². The Morgan fingerprint density at radius 3 is 2.08 bits per heavy atom. The van der Waals surface area contributed by atoms with E-state index in [-0.39, 0.29) is 24.3 Å². The summed E-state index contributed by atoms with van der Waals surface area (Å²) in [5.41, 5.74) is 3.82. The summed E-state index contributed by atoms with van der Waals surface area (Å²) >= 11 is 0. The molecule has 196 valence electrons. The third-order valence-electron chi connectivity index (χ3n) is 5.87. The molecule has 0 saturated heterocycles. The average Bonchev–Trinajstić information content (AvgIpc) is 3.51. The molecule has 0 saturated carbocycles. The van der Waals surface area contributed by atoms with Crippen LogP contribution in [0.15, 0.2) is 130 Å². The second-order valence-corrected chi connectivity index (χ2v) is 8.64. The standard InChI is InChI=1S/C32H25N5O3/c1-35-37-32(38-21-22-11-5-2-6-12-22)27-18-25(30(34)40-29(33)24-15-9-4-10-16-24)17-26(19-27)31-36-20-28(39-31)23-13-7-3-8-14-23/h2-20,33-34H,1,21H2/b33-29?,34-30?,37-32-. The van der Waals surface area contributed by atoms with Crippen LogP contribution in [0.25, 0.3) is 22.8 Å². The highest BCUT2D eigenvalue weighted by Crippen LogP contribution is 2.28. The predicted octanol–water partition coefficient (Wildman–Crippen LogP) is 6.96. The van der Waals surface area contributed by atoms with Crippen LogP contribution in [-0.4, -0.2) is 29.4 Å². The Morgan fingerprint density at radius 1 is 0.750 bits per heavy atom. The molecule has 40 heavy (non-hydrogen) atoms. The molecule has 0 amide bonds. The zero-order valence-corrected chi connectivity index (χ0v) is 21.5. The summed E-state index contributed by atoms with van der Waals surface area (Å²) in [6.45, 7) is 3.73. The third-order valence-corrected chi connectivity index (χ3v) is 5.87. The molecule has 0 unspecified atom stereocenters. The lowest BCUT2D eigenvalue weighted by Crippen LogP contribution is -2.14. The van der Waals surface area contributed by atoms with Crippen LogP contribution in [0.3, 0.4) is 0 Å². The molecular weight excluding hydrogens is 502 g/mol. The minimum absolute atomic E-state index is 0.151. The first kappa shape index (κ1) is 26.0. The fourth-order valence-electron chi connectivity index (χ4n) is 3.92. The van der Waals surface area contributed by atoms with Crippen molar-refractivity contribution in [1.29, 1.82) is 10.8 Å². The van der Waals surface area contributed by atoms with Crippen LogP contribution in [0.2, 0.25) is 0 Å². The summed E-state index contributed by atoms with van der Waals surface area (Å²) in [5, 5.41) is 24.8. The second kappa shape index (κ2) is 12.3. The Morgan fingerprint density at radius 2 is 1.38 bits per heavy atom. The predicted molar refractivity (Wildman–Crippen MR) is 156 cm³/mol. The quantitative estimate of drug-likeness (QED) is 0.129. The van der Waals surface area contributed by atoms with Crippen LogP contribution < -0.4 is 0 Å². The fourth-order valence-corrected chi connectivity index (χ4v) is 3.92. The maximum Gasteiger partial charge on any atom is 0.241 e. The average molecular weight is 528 g/mol. The van der Waals surface area contributed by atoms with Crippen molar-refractivity contribution in [3.8, 4) is 22.8 Å². The number of benzene rings is 4. The molecule has 0 bridgehead atoms. The van der Waals surface area contributed by atoms with Crippen molar-refractivity contribution in [1.82, 2.24) is 4.98 Å². The van der Waals surface area contributed by atoms with Gasteiger partial charge in [0.15, 0.2) is 5.76 Å². The summed E-state index contributed by atoms with van der Waals surface area (Å²) in [7, 11) is 0. The summed E-state index contributed by atoms with van der Waals surface area (Å²) in [6, 6.07) is 33.4. The van der Waals surface area contributed by atoms with Gasteiger partial charge in [-0.15, -0.1) is 5.10 Å². The number of oxazole rings is 1. The van der Waals surface area contributed by atoms with Crippen LogP contribution in [0.5, 0.6) is 0 Å². The van der Waals surface area contributed by atoms with Crippen molar-refractivity contribution in [2.24, 2.45) is 10.2 Å². The largest absolute Gasteiger partial charge is 0.471 e. The summed E-state index contributed by atoms with van der Waals surface area (Å²) in [5.74, 6) is 0.745. The van der Waals surface area contributed by atoms with Crippen molar-refractivity contribution < 1.29 is 13.9 Å². The molecule has 2 N–H and O–H groups in total. The van der Waals surface area contributed by atoms with Crippen molar-refractivity contribution in [3.05, 3.63) is 138 Å². The minimum atomic E-state index is -0.235. The van der Waals surface area contributed by atoms with E-state index < -0.39 is 0 Å². The van der Waals surface area contributed by atoms with Gasteiger partial charge in [0.25, 0.3) is 0 Å². The molecule has 8 heteroatoms. The third kappa shape index (κ3) is 6.25. The molecule has 8 nitrogen and oxygen atoms in total. The maximum absolute atomic E-state index is 8.65. The normalized spacial score (nSPS) is 11.1. The smallest absolute Gasteiger partial charge is 0.241 e. The number of aromatic nitrogens is 1. The van der Waals surface area contributed by atoms with Crippen LogP contribution >= 0.6 is 0 Å². The van der Waals surface area contributed by atoms with Gasteiger partial charge in [-0.3, -0.25) is 10.8 Å². The molecule has 1 heterocycles. The zero-order chi connectivity index (χ0) is 27.7. The lowest BCUT2D eigenvalue weighted by Gasteiger charge is -2.13. The highest BCUT2D eigenvalue weighted by Gasteiger charge is 2.18.